The molecule has 1 rings (SSSR count). The van der Waals surface area contributed by atoms with Gasteiger partial charge in [0, 0.05) is 12.3 Å². The van der Waals surface area contributed by atoms with E-state index in [0.29, 0.717) is 6.42 Å². The van der Waals surface area contributed by atoms with Crippen LogP contribution in [-0.2, 0) is 11.2 Å². The van der Waals surface area contributed by atoms with E-state index in [1.54, 1.807) is 0 Å². The van der Waals surface area contributed by atoms with Crippen LogP contribution >= 0.6 is 11.6 Å². The third kappa shape index (κ3) is 13.4. The lowest BCUT2D eigenvalue weighted by Gasteiger charge is -2.02. The Kier molecular flexibility index (Phi) is 13.6. The van der Waals surface area contributed by atoms with Crippen LogP contribution in [0.1, 0.15) is 38.2 Å². The number of nitrogens with one attached hydrogen (secondary N) is 1. The molecule has 0 amide bonds. The third-order valence-corrected chi connectivity index (χ3v) is 2.93. The van der Waals surface area contributed by atoms with Crippen LogP contribution in [0.25, 0.3) is 0 Å². The summed E-state index contributed by atoms with van der Waals surface area (Å²) in [6.45, 7) is 4.04. The maximum Gasteiger partial charge on any atom is 0.303 e. The van der Waals surface area contributed by atoms with Crippen LogP contribution in [-0.4, -0.2) is 30.0 Å². The second kappa shape index (κ2) is 14.4. The molecule has 0 unspecified atom stereocenters. The van der Waals surface area contributed by atoms with E-state index in [1.165, 1.54) is 5.56 Å². The Morgan fingerprint density at radius 2 is 1.90 bits per heavy atom. The third-order valence-electron chi connectivity index (χ3n) is 2.66. The molecule has 1 aromatic carbocycles. The molecule has 0 aliphatic heterocycles. The smallest absolute Gasteiger partial charge is 0.303 e. The van der Waals surface area contributed by atoms with Gasteiger partial charge in [-0.15, -0.1) is 11.6 Å². The summed E-state index contributed by atoms with van der Waals surface area (Å²) in [5.74, 6) is 0.0556. The number of rotatable bonds is 9. The molecule has 114 valence electrons. The molecule has 0 bridgehead atoms. The van der Waals surface area contributed by atoms with Crippen molar-refractivity contribution in [3.05, 3.63) is 35.9 Å². The van der Waals surface area contributed by atoms with Gasteiger partial charge in [0.25, 0.3) is 0 Å². The maximum absolute atomic E-state index is 9.76. The van der Waals surface area contributed by atoms with Crippen molar-refractivity contribution in [3.63, 3.8) is 0 Å². The zero-order valence-electron chi connectivity index (χ0n) is 12.3. The Labute approximate surface area is 127 Å². The van der Waals surface area contributed by atoms with E-state index in [2.05, 4.69) is 29.6 Å². The Balaban J connectivity index is 0.000000441. The molecule has 0 saturated carbocycles. The number of unbranched alkanes of at least 4 members (excludes halogenated alkanes) is 1. The van der Waals surface area contributed by atoms with Crippen LogP contribution in [0, 0.1) is 0 Å². The standard InChI is InChI=1S/C11H16ClN.C5H10O2/c12-8-4-9-13-10-7-11-5-2-1-3-6-11;1-2-3-4-5(6)7/h1-3,5-6,13H,4,7-10H2;2-4H2,1H3,(H,6,7). The molecule has 3 nitrogen and oxygen atoms in total. The number of halogens is 1. The van der Waals surface area contributed by atoms with E-state index >= 15 is 0 Å². The lowest BCUT2D eigenvalue weighted by atomic mass is 10.1. The van der Waals surface area contributed by atoms with E-state index in [0.717, 1.165) is 44.7 Å². The van der Waals surface area contributed by atoms with Crippen molar-refractivity contribution in [2.24, 2.45) is 0 Å². The van der Waals surface area contributed by atoms with Crippen LogP contribution in [0.3, 0.4) is 0 Å². The molecular formula is C16H26ClNO2. The fraction of sp³-hybridized carbons (Fsp3) is 0.562. The topological polar surface area (TPSA) is 49.3 Å². The number of benzene rings is 1. The minimum Gasteiger partial charge on any atom is -0.481 e. The summed E-state index contributed by atoms with van der Waals surface area (Å²) in [6, 6.07) is 10.5. The lowest BCUT2D eigenvalue weighted by Crippen LogP contribution is -2.18. The van der Waals surface area contributed by atoms with E-state index < -0.39 is 5.97 Å². The molecule has 2 N–H and O–H groups in total. The quantitative estimate of drug-likeness (QED) is 0.540. The maximum atomic E-state index is 9.76. The van der Waals surface area contributed by atoms with Gasteiger partial charge in [-0.05, 0) is 37.9 Å². The molecule has 0 aliphatic rings. The molecule has 1 aromatic rings. The van der Waals surface area contributed by atoms with Crippen molar-refractivity contribution in [1.82, 2.24) is 5.32 Å². The number of alkyl halides is 1. The number of aliphatic carboxylic acids is 1. The van der Waals surface area contributed by atoms with Gasteiger partial charge in [-0.2, -0.15) is 0 Å². The van der Waals surface area contributed by atoms with Crippen LogP contribution in [0.5, 0.6) is 0 Å². The predicted octanol–water partition coefficient (Wildman–Crippen LogP) is 3.71. The van der Waals surface area contributed by atoms with Crippen molar-refractivity contribution in [3.8, 4) is 0 Å². The Morgan fingerprint density at radius 3 is 2.40 bits per heavy atom. The van der Waals surface area contributed by atoms with Gasteiger partial charge in [-0.1, -0.05) is 43.7 Å². The molecule has 0 aromatic heterocycles. The van der Waals surface area contributed by atoms with Crippen molar-refractivity contribution in [2.45, 2.75) is 39.0 Å². The first-order valence-corrected chi connectivity index (χ1v) is 7.76. The summed E-state index contributed by atoms with van der Waals surface area (Å²) >= 11 is 5.56. The minimum absolute atomic E-state index is 0.316. The molecule has 0 radical (unpaired) electrons. The average Bonchev–Trinajstić information content (AvgIpc) is 2.46. The number of hydrogen-bond donors (Lipinski definition) is 2. The fourth-order valence-electron chi connectivity index (χ4n) is 1.52. The molecule has 0 fully saturated rings. The predicted molar refractivity (Wildman–Crippen MR) is 85.5 cm³/mol. The fourth-order valence-corrected chi connectivity index (χ4v) is 1.66. The molecule has 0 saturated heterocycles. The van der Waals surface area contributed by atoms with Gasteiger partial charge in [-0.3, -0.25) is 4.79 Å². The van der Waals surface area contributed by atoms with Gasteiger partial charge in [0.15, 0.2) is 0 Å². The van der Waals surface area contributed by atoms with Gasteiger partial charge in [-0.25, -0.2) is 0 Å². The molecule has 20 heavy (non-hydrogen) atoms. The van der Waals surface area contributed by atoms with Gasteiger partial charge in [0.05, 0.1) is 0 Å². The second-order valence-corrected chi connectivity index (χ2v) is 4.90. The highest BCUT2D eigenvalue weighted by Gasteiger charge is 1.91. The minimum atomic E-state index is -0.693. The highest BCUT2D eigenvalue weighted by molar-refractivity contribution is 6.17. The lowest BCUT2D eigenvalue weighted by molar-refractivity contribution is -0.137. The normalized spacial score (nSPS) is 9.70. The summed E-state index contributed by atoms with van der Waals surface area (Å²) < 4.78 is 0. The molecule has 0 aliphatic carbocycles. The van der Waals surface area contributed by atoms with E-state index in [1.807, 2.05) is 13.0 Å². The zero-order valence-corrected chi connectivity index (χ0v) is 13.0. The molecule has 0 heterocycles. The summed E-state index contributed by atoms with van der Waals surface area (Å²) in [4.78, 5) is 9.76. The summed E-state index contributed by atoms with van der Waals surface area (Å²) in [5, 5.41) is 11.4. The Bertz CT molecular complexity index is 331. The second-order valence-electron chi connectivity index (χ2n) is 4.53. The zero-order chi connectivity index (χ0) is 15.1. The van der Waals surface area contributed by atoms with Crippen LogP contribution in [0.15, 0.2) is 30.3 Å². The number of hydrogen-bond acceptors (Lipinski definition) is 2. The van der Waals surface area contributed by atoms with E-state index in [9.17, 15) is 4.79 Å². The van der Waals surface area contributed by atoms with Crippen LogP contribution in [0.2, 0.25) is 0 Å². The first-order chi connectivity index (χ1) is 9.70. The van der Waals surface area contributed by atoms with E-state index in [4.69, 9.17) is 16.7 Å². The molecule has 0 atom stereocenters. The van der Waals surface area contributed by atoms with Gasteiger partial charge < -0.3 is 10.4 Å². The summed E-state index contributed by atoms with van der Waals surface area (Å²) in [5.41, 5.74) is 1.39. The van der Waals surface area contributed by atoms with Gasteiger partial charge in [0.1, 0.15) is 0 Å². The van der Waals surface area contributed by atoms with Crippen LogP contribution in [0.4, 0.5) is 0 Å². The van der Waals surface area contributed by atoms with Crippen LogP contribution < -0.4 is 5.32 Å². The molecule has 0 spiro atoms. The first-order valence-electron chi connectivity index (χ1n) is 7.23. The first kappa shape index (κ1) is 18.9. The van der Waals surface area contributed by atoms with E-state index in [-0.39, 0.29) is 0 Å². The highest BCUT2D eigenvalue weighted by atomic mass is 35.5. The van der Waals surface area contributed by atoms with Crippen molar-refractivity contribution >= 4 is 17.6 Å². The summed E-state index contributed by atoms with van der Waals surface area (Å²) in [6.07, 6.45) is 4.23. The van der Waals surface area contributed by atoms with Crippen molar-refractivity contribution in [2.75, 3.05) is 19.0 Å². The highest BCUT2D eigenvalue weighted by Crippen LogP contribution is 1.98. The molecule has 4 heteroatoms. The monoisotopic (exact) mass is 299 g/mol. The number of carbonyl (C=O) groups is 1. The summed E-state index contributed by atoms with van der Waals surface area (Å²) in [7, 11) is 0. The number of carboxylic acids is 1. The molecular weight excluding hydrogens is 274 g/mol. The van der Waals surface area contributed by atoms with Gasteiger partial charge >= 0.3 is 5.97 Å². The van der Waals surface area contributed by atoms with Gasteiger partial charge in [0.2, 0.25) is 0 Å². The Hall–Kier alpha value is -1.06. The SMILES string of the molecule is CCCCC(=O)O.ClCCCNCCc1ccccc1. The van der Waals surface area contributed by atoms with Crippen molar-refractivity contribution < 1.29 is 9.90 Å². The largest absolute Gasteiger partial charge is 0.481 e. The number of carboxylic acid groups (broad SMARTS) is 1. The van der Waals surface area contributed by atoms with Crippen molar-refractivity contribution in [1.29, 1.82) is 0 Å². The average molecular weight is 300 g/mol. The Morgan fingerprint density at radius 1 is 1.20 bits per heavy atom.